The summed E-state index contributed by atoms with van der Waals surface area (Å²) in [5, 5.41) is 8.82. The van der Waals surface area contributed by atoms with E-state index in [9.17, 15) is 22.8 Å². The van der Waals surface area contributed by atoms with Crippen molar-refractivity contribution in [2.75, 3.05) is 18.9 Å². The van der Waals surface area contributed by atoms with Crippen LogP contribution in [0.3, 0.4) is 0 Å². The van der Waals surface area contributed by atoms with E-state index < -0.39 is 27.8 Å². The van der Waals surface area contributed by atoms with Gasteiger partial charge in [-0.2, -0.15) is 0 Å². The number of primary amides is 2. The van der Waals surface area contributed by atoms with Gasteiger partial charge in [-0.1, -0.05) is 0 Å². The Morgan fingerprint density at radius 3 is 2.00 bits per heavy atom. The lowest BCUT2D eigenvalue weighted by Gasteiger charge is -2.16. The Morgan fingerprint density at radius 1 is 0.968 bits per heavy atom. The summed E-state index contributed by atoms with van der Waals surface area (Å²) in [4.78, 5) is 33.5. The van der Waals surface area contributed by atoms with Crippen molar-refractivity contribution in [3.05, 3.63) is 53.1 Å². The fourth-order valence-electron chi connectivity index (χ4n) is 2.59. The number of hydrogen-bond acceptors (Lipinski definition) is 7. The van der Waals surface area contributed by atoms with Crippen molar-refractivity contribution in [1.29, 1.82) is 0 Å². The maximum atomic E-state index is 13.1. The van der Waals surface area contributed by atoms with Gasteiger partial charge in [0.05, 0.1) is 19.9 Å². The molecule has 0 bridgehead atoms. The third-order valence-corrected chi connectivity index (χ3v) is 5.32. The predicted octanol–water partition coefficient (Wildman–Crippen LogP) is 0.800. The molecule has 0 fully saturated rings. The molecule has 0 aliphatic heterocycles. The number of nitrogens with one attached hydrogen (secondary N) is 1. The van der Waals surface area contributed by atoms with E-state index in [1.807, 2.05) is 0 Å². The van der Waals surface area contributed by atoms with Gasteiger partial charge in [-0.05, 0) is 42.0 Å². The normalized spacial score (nSPS) is 11.2. The van der Waals surface area contributed by atoms with Crippen LogP contribution in [0.4, 0.5) is 5.69 Å². The average Bonchev–Trinajstić information content (AvgIpc) is 2.70. The van der Waals surface area contributed by atoms with E-state index in [1.165, 1.54) is 26.4 Å². The van der Waals surface area contributed by atoms with Gasteiger partial charge in [-0.15, -0.1) is 0 Å². The number of carboxylic acid groups (broad SMARTS) is 1. The van der Waals surface area contributed by atoms with E-state index in [4.69, 9.17) is 26.0 Å². The van der Waals surface area contributed by atoms with Gasteiger partial charge in [0, 0.05) is 17.2 Å². The number of carbonyl (C=O) groups excluding carboxylic acids is 2. The molecule has 31 heavy (non-hydrogen) atoms. The molecule has 0 saturated carbocycles. The zero-order valence-corrected chi connectivity index (χ0v) is 17.2. The second-order valence-electron chi connectivity index (χ2n) is 6.06. The summed E-state index contributed by atoms with van der Waals surface area (Å²) in [5.41, 5.74) is 10.2. The third kappa shape index (κ3) is 5.51. The summed E-state index contributed by atoms with van der Waals surface area (Å²) in [5.74, 6) is -3.16. The minimum atomic E-state index is -4.38. The smallest absolute Gasteiger partial charge is 0.328 e. The van der Waals surface area contributed by atoms with Gasteiger partial charge in [0.15, 0.2) is 11.5 Å². The number of nitrogens with two attached hydrogens (primary N) is 2. The van der Waals surface area contributed by atoms with Crippen molar-refractivity contribution in [1.82, 2.24) is 0 Å². The first-order valence-corrected chi connectivity index (χ1v) is 9.91. The highest BCUT2D eigenvalue weighted by atomic mass is 32.2. The number of amides is 2. The number of benzene rings is 2. The Labute approximate surface area is 177 Å². The molecule has 2 aromatic rings. The standard InChI is InChI=1S/C19H19N3O8S/c1-29-14-5-10(3-4-16(23)24)6-15(17(14)30-2)31(27,28)22-13-8-11(18(20)25)7-12(9-13)19(21)26/h3-9,22H,1-2H3,(H2,20,25)(H2,21,26)(H,23,24)/b4-3+. The lowest BCUT2D eigenvalue weighted by molar-refractivity contribution is -0.131. The van der Waals surface area contributed by atoms with E-state index in [-0.39, 0.29) is 38.8 Å². The van der Waals surface area contributed by atoms with Crippen molar-refractivity contribution in [3.8, 4) is 11.5 Å². The fraction of sp³-hybridized carbons (Fsp3) is 0.105. The first-order chi connectivity index (χ1) is 14.5. The third-order valence-electron chi connectivity index (χ3n) is 3.93. The Hall–Kier alpha value is -4.06. The quantitative estimate of drug-likeness (QED) is 0.404. The molecular formula is C19H19N3O8S. The molecule has 6 N–H and O–H groups in total. The molecule has 2 rings (SSSR count). The monoisotopic (exact) mass is 449 g/mol. The molecule has 2 amide bonds. The molecule has 0 unspecified atom stereocenters. The second kappa shape index (κ2) is 9.17. The minimum absolute atomic E-state index is 0.0270. The number of methoxy groups -OCH3 is 2. The number of ether oxygens (including phenoxy) is 2. The summed E-state index contributed by atoms with van der Waals surface area (Å²) in [6.45, 7) is 0. The molecule has 0 heterocycles. The molecule has 0 aromatic heterocycles. The van der Waals surface area contributed by atoms with Crippen LogP contribution in [0.2, 0.25) is 0 Å². The van der Waals surface area contributed by atoms with E-state index in [0.29, 0.717) is 0 Å². The first kappa shape index (κ1) is 23.2. The van der Waals surface area contributed by atoms with Crippen LogP contribution in [0.5, 0.6) is 11.5 Å². The Balaban J connectivity index is 2.64. The molecule has 11 nitrogen and oxygen atoms in total. The van der Waals surface area contributed by atoms with Crippen LogP contribution in [0, 0.1) is 0 Å². The first-order valence-electron chi connectivity index (χ1n) is 8.43. The highest BCUT2D eigenvalue weighted by molar-refractivity contribution is 7.92. The van der Waals surface area contributed by atoms with Gasteiger partial charge in [0.1, 0.15) is 4.90 Å². The maximum absolute atomic E-state index is 13.1. The van der Waals surface area contributed by atoms with Crippen LogP contribution < -0.4 is 25.7 Å². The van der Waals surface area contributed by atoms with E-state index in [1.54, 1.807) is 0 Å². The van der Waals surface area contributed by atoms with Crippen LogP contribution in [0.25, 0.3) is 6.08 Å². The number of hydrogen-bond donors (Lipinski definition) is 4. The highest BCUT2D eigenvalue weighted by Gasteiger charge is 2.25. The van der Waals surface area contributed by atoms with Crippen molar-refractivity contribution in [3.63, 3.8) is 0 Å². The predicted molar refractivity (Wildman–Crippen MR) is 111 cm³/mol. The molecule has 2 aromatic carbocycles. The summed E-state index contributed by atoms with van der Waals surface area (Å²) >= 11 is 0. The van der Waals surface area contributed by atoms with E-state index in [2.05, 4.69) is 4.72 Å². The molecule has 0 spiro atoms. The summed E-state index contributed by atoms with van der Waals surface area (Å²) < 4.78 is 38.7. The van der Waals surface area contributed by atoms with Crippen LogP contribution in [0.1, 0.15) is 26.3 Å². The molecule has 164 valence electrons. The van der Waals surface area contributed by atoms with Crippen molar-refractivity contribution < 1.29 is 37.4 Å². The number of sulfonamides is 1. The summed E-state index contributed by atoms with van der Waals surface area (Å²) in [6.07, 6.45) is 1.99. The second-order valence-corrected chi connectivity index (χ2v) is 7.71. The zero-order valence-electron chi connectivity index (χ0n) is 16.4. The highest BCUT2D eigenvalue weighted by Crippen LogP contribution is 2.37. The van der Waals surface area contributed by atoms with E-state index in [0.717, 1.165) is 30.3 Å². The topological polar surface area (TPSA) is 188 Å². The van der Waals surface area contributed by atoms with Crippen molar-refractivity contribution in [2.24, 2.45) is 11.5 Å². The van der Waals surface area contributed by atoms with Gasteiger partial charge in [-0.3, -0.25) is 14.3 Å². The number of carbonyl (C=O) groups is 3. The molecular weight excluding hydrogens is 430 g/mol. The van der Waals surface area contributed by atoms with Gasteiger partial charge in [0.25, 0.3) is 10.0 Å². The van der Waals surface area contributed by atoms with Gasteiger partial charge < -0.3 is 26.0 Å². The summed E-state index contributed by atoms with van der Waals surface area (Å²) in [6, 6.07) is 5.93. The lowest BCUT2D eigenvalue weighted by atomic mass is 10.1. The Morgan fingerprint density at radius 2 is 1.55 bits per heavy atom. The van der Waals surface area contributed by atoms with Gasteiger partial charge in [-0.25, -0.2) is 13.2 Å². The number of anilines is 1. The molecule has 0 atom stereocenters. The molecule has 0 radical (unpaired) electrons. The Bertz CT molecular complexity index is 1160. The number of rotatable bonds is 9. The molecule has 0 aliphatic rings. The van der Waals surface area contributed by atoms with Gasteiger partial charge >= 0.3 is 5.97 Å². The largest absolute Gasteiger partial charge is 0.493 e. The SMILES string of the molecule is COc1cc(/C=C/C(=O)O)cc(S(=O)(=O)Nc2cc(C(N)=O)cc(C(N)=O)c2)c1OC. The molecule has 0 saturated heterocycles. The minimum Gasteiger partial charge on any atom is -0.493 e. The lowest BCUT2D eigenvalue weighted by Crippen LogP contribution is -2.19. The van der Waals surface area contributed by atoms with Crippen molar-refractivity contribution >= 4 is 39.6 Å². The van der Waals surface area contributed by atoms with Crippen LogP contribution >= 0.6 is 0 Å². The van der Waals surface area contributed by atoms with Crippen LogP contribution in [0.15, 0.2) is 41.3 Å². The molecule has 12 heteroatoms. The maximum Gasteiger partial charge on any atom is 0.328 e. The molecule has 0 aliphatic carbocycles. The summed E-state index contributed by atoms with van der Waals surface area (Å²) in [7, 11) is -1.87. The van der Waals surface area contributed by atoms with Crippen LogP contribution in [-0.4, -0.2) is 45.5 Å². The zero-order chi connectivity index (χ0) is 23.3. The van der Waals surface area contributed by atoms with Crippen LogP contribution in [-0.2, 0) is 14.8 Å². The average molecular weight is 449 g/mol. The number of carboxylic acids is 1. The Kier molecular flexibility index (Phi) is 6.87. The van der Waals surface area contributed by atoms with Crippen molar-refractivity contribution in [2.45, 2.75) is 4.90 Å². The number of aliphatic carboxylic acids is 1. The van der Waals surface area contributed by atoms with Gasteiger partial charge in [0.2, 0.25) is 11.8 Å². The fourth-order valence-corrected chi connectivity index (χ4v) is 3.85. The van der Waals surface area contributed by atoms with E-state index >= 15 is 0 Å².